The molecule has 0 aromatic carbocycles. The molecule has 3 rings (SSSR count). The molecule has 176 valence electrons. The van der Waals surface area contributed by atoms with Gasteiger partial charge in [0.25, 0.3) is 0 Å². The molecule has 4 N–H and O–H groups in total. The fraction of sp³-hybridized carbons (Fsp3) is 0.409. The first-order valence-electron chi connectivity index (χ1n) is 10.5. The third-order valence-corrected chi connectivity index (χ3v) is 5.53. The molecule has 1 aliphatic rings. The van der Waals surface area contributed by atoms with Crippen LogP contribution in [0.2, 0.25) is 0 Å². The molecule has 11 heteroatoms. The molecule has 0 radical (unpaired) electrons. The minimum atomic E-state index is -0.701. The largest absolute Gasteiger partial charge is 0.506 e. The third-order valence-electron chi connectivity index (χ3n) is 4.51. The summed E-state index contributed by atoms with van der Waals surface area (Å²) < 4.78 is 5.09. The number of anilines is 2. The van der Waals surface area contributed by atoms with Crippen LogP contribution in [0, 0.1) is 0 Å². The number of allylic oxidation sites excluding steroid dienone is 1. The Labute approximate surface area is 195 Å². The number of ether oxygens (including phenoxy) is 1. The number of aromatic nitrogens is 2. The highest BCUT2D eigenvalue weighted by Gasteiger charge is 2.28. The Morgan fingerprint density at radius 3 is 2.61 bits per heavy atom. The molecular formula is C22H27N5O5S. The van der Waals surface area contributed by atoms with E-state index in [1.807, 2.05) is 6.92 Å². The molecule has 2 amide bonds. The van der Waals surface area contributed by atoms with E-state index in [2.05, 4.69) is 25.9 Å². The Bertz CT molecular complexity index is 1090. The summed E-state index contributed by atoms with van der Waals surface area (Å²) in [7, 11) is 0. The van der Waals surface area contributed by atoms with Crippen molar-refractivity contribution in [1.29, 1.82) is 0 Å². The molecule has 0 aliphatic heterocycles. The van der Waals surface area contributed by atoms with Crippen molar-refractivity contribution in [3.63, 3.8) is 0 Å². The fourth-order valence-corrected chi connectivity index (χ4v) is 4.10. The summed E-state index contributed by atoms with van der Waals surface area (Å²) in [6.07, 6.45) is 1.55. The van der Waals surface area contributed by atoms with Crippen LogP contribution in [-0.4, -0.2) is 51.5 Å². The number of ketones is 1. The summed E-state index contributed by atoms with van der Waals surface area (Å²) in [5.41, 5.74) is 0.602. The van der Waals surface area contributed by atoms with Crippen molar-refractivity contribution in [2.45, 2.75) is 46.1 Å². The number of nitrogens with zero attached hydrogens (tertiary/aromatic N) is 2. The number of aryl methyl sites for hydroxylation is 1. The van der Waals surface area contributed by atoms with Crippen molar-refractivity contribution in [3.8, 4) is 0 Å². The maximum Gasteiger partial charge on any atom is 0.408 e. The average molecular weight is 474 g/mol. The van der Waals surface area contributed by atoms with Gasteiger partial charge in [-0.25, -0.2) is 14.8 Å². The highest BCUT2D eigenvalue weighted by molar-refractivity contribution is 7.17. The van der Waals surface area contributed by atoms with E-state index in [0.717, 1.165) is 17.9 Å². The third kappa shape index (κ3) is 6.28. The highest BCUT2D eigenvalue weighted by Crippen LogP contribution is 2.37. The van der Waals surface area contributed by atoms with Crippen molar-refractivity contribution in [2.24, 2.45) is 0 Å². The van der Waals surface area contributed by atoms with E-state index in [1.54, 1.807) is 32.9 Å². The van der Waals surface area contributed by atoms with Gasteiger partial charge in [0.15, 0.2) is 10.9 Å². The van der Waals surface area contributed by atoms with Crippen molar-refractivity contribution in [2.75, 3.05) is 23.7 Å². The summed E-state index contributed by atoms with van der Waals surface area (Å²) in [5.74, 6) is -0.253. The number of aliphatic hydroxyl groups is 1. The second-order valence-electron chi connectivity index (χ2n) is 8.32. The molecule has 2 aromatic rings. The van der Waals surface area contributed by atoms with E-state index in [9.17, 15) is 19.5 Å². The Morgan fingerprint density at radius 1 is 1.21 bits per heavy atom. The molecule has 2 aromatic heterocycles. The van der Waals surface area contributed by atoms with Crippen molar-refractivity contribution in [3.05, 3.63) is 40.0 Å². The van der Waals surface area contributed by atoms with E-state index in [0.29, 0.717) is 34.8 Å². The molecule has 1 aliphatic carbocycles. The number of thiazole rings is 1. The van der Waals surface area contributed by atoms with Gasteiger partial charge in [-0.2, -0.15) is 0 Å². The molecule has 2 heterocycles. The quantitative estimate of drug-likeness (QED) is 0.447. The van der Waals surface area contributed by atoms with E-state index in [4.69, 9.17) is 4.74 Å². The maximum absolute atomic E-state index is 12.9. The summed E-state index contributed by atoms with van der Waals surface area (Å²) in [6.45, 7) is 7.55. The molecule has 0 spiro atoms. The molecule has 33 heavy (non-hydrogen) atoms. The van der Waals surface area contributed by atoms with Gasteiger partial charge >= 0.3 is 6.09 Å². The van der Waals surface area contributed by atoms with Crippen LogP contribution in [0.15, 0.2) is 23.9 Å². The monoisotopic (exact) mass is 473 g/mol. The van der Waals surface area contributed by atoms with E-state index >= 15 is 0 Å². The number of nitrogens with one attached hydrogen (secondary N) is 3. The number of fused-ring (bicyclic) bond motifs is 1. The molecule has 0 saturated carbocycles. The van der Waals surface area contributed by atoms with E-state index in [-0.39, 0.29) is 28.8 Å². The van der Waals surface area contributed by atoms with Crippen molar-refractivity contribution >= 4 is 45.8 Å². The number of amides is 2. The lowest BCUT2D eigenvalue weighted by molar-refractivity contribution is -0.115. The number of alkyl carbamates (subject to hydrolysis) is 1. The van der Waals surface area contributed by atoms with E-state index in [1.165, 1.54) is 6.20 Å². The van der Waals surface area contributed by atoms with Gasteiger partial charge < -0.3 is 25.8 Å². The van der Waals surface area contributed by atoms with Crippen LogP contribution in [0.25, 0.3) is 5.76 Å². The van der Waals surface area contributed by atoms with Gasteiger partial charge in [-0.1, -0.05) is 11.3 Å². The predicted octanol–water partition coefficient (Wildman–Crippen LogP) is 3.53. The van der Waals surface area contributed by atoms with Crippen LogP contribution in [0.5, 0.6) is 0 Å². The van der Waals surface area contributed by atoms with Gasteiger partial charge in [-0.05, 0) is 52.7 Å². The SMILES string of the molecule is CCNc1ccc(C(=O)C2=C(O)c3sc(NC(=O)CNC(=O)OC(C)(C)C)nc3CC2)cn1. The maximum atomic E-state index is 12.9. The Kier molecular flexibility index (Phi) is 7.32. The van der Waals surface area contributed by atoms with Crippen LogP contribution in [-0.2, 0) is 16.0 Å². The molecule has 0 saturated heterocycles. The van der Waals surface area contributed by atoms with Crippen LogP contribution >= 0.6 is 11.3 Å². The zero-order valence-electron chi connectivity index (χ0n) is 18.9. The first-order valence-corrected chi connectivity index (χ1v) is 11.3. The van der Waals surface area contributed by atoms with Crippen LogP contribution in [0.4, 0.5) is 15.7 Å². The van der Waals surface area contributed by atoms with Gasteiger partial charge in [0.1, 0.15) is 23.7 Å². The van der Waals surface area contributed by atoms with Gasteiger partial charge in [-0.3, -0.25) is 9.59 Å². The average Bonchev–Trinajstić information content (AvgIpc) is 3.15. The normalized spacial score (nSPS) is 13.2. The summed E-state index contributed by atoms with van der Waals surface area (Å²) in [6, 6.07) is 3.38. The van der Waals surface area contributed by atoms with Gasteiger partial charge in [0.2, 0.25) is 5.91 Å². The number of carbonyl (C=O) groups excluding carboxylic acids is 3. The minimum Gasteiger partial charge on any atom is -0.506 e. The van der Waals surface area contributed by atoms with Crippen molar-refractivity contribution in [1.82, 2.24) is 15.3 Å². The number of rotatable bonds is 7. The highest BCUT2D eigenvalue weighted by atomic mass is 32.1. The Morgan fingerprint density at radius 2 is 1.97 bits per heavy atom. The molecular weight excluding hydrogens is 446 g/mol. The molecule has 0 bridgehead atoms. The second-order valence-corrected chi connectivity index (χ2v) is 9.32. The lowest BCUT2D eigenvalue weighted by Gasteiger charge is -2.19. The lowest BCUT2D eigenvalue weighted by Crippen LogP contribution is -2.37. The molecule has 0 unspecified atom stereocenters. The Hall–Kier alpha value is -3.47. The van der Waals surface area contributed by atoms with Crippen LogP contribution in [0.1, 0.15) is 55.0 Å². The standard InChI is InChI=1S/C22H27N5O5S/c1-5-23-15-9-6-12(10-24-15)17(29)13-7-8-14-19(18(13)30)33-20(26-14)27-16(28)11-25-21(31)32-22(2,3)4/h6,9-10,30H,5,7-8,11H2,1-4H3,(H,23,24)(H,25,31)(H,26,27,28). The van der Waals surface area contributed by atoms with E-state index < -0.39 is 17.6 Å². The molecule has 0 atom stereocenters. The Balaban J connectivity index is 1.67. The summed E-state index contributed by atoms with van der Waals surface area (Å²) >= 11 is 1.07. The topological polar surface area (TPSA) is 143 Å². The van der Waals surface area contributed by atoms with Gasteiger partial charge in [0, 0.05) is 23.9 Å². The number of Topliss-reactive ketones (excluding diaryl/α,β-unsaturated/α-hetero) is 1. The van der Waals surface area contributed by atoms with Crippen LogP contribution in [0.3, 0.4) is 0 Å². The smallest absolute Gasteiger partial charge is 0.408 e. The van der Waals surface area contributed by atoms with Gasteiger partial charge in [-0.15, -0.1) is 0 Å². The molecule has 0 fully saturated rings. The second kappa shape index (κ2) is 9.99. The van der Waals surface area contributed by atoms with Crippen LogP contribution < -0.4 is 16.0 Å². The number of hydrogen-bond acceptors (Lipinski definition) is 9. The zero-order valence-corrected chi connectivity index (χ0v) is 19.8. The number of aliphatic hydroxyl groups excluding tert-OH is 1. The van der Waals surface area contributed by atoms with Gasteiger partial charge in [0.05, 0.1) is 10.6 Å². The predicted molar refractivity (Wildman–Crippen MR) is 126 cm³/mol. The fourth-order valence-electron chi connectivity index (χ4n) is 3.10. The first kappa shape index (κ1) is 24.2. The number of hydrogen-bond donors (Lipinski definition) is 4. The van der Waals surface area contributed by atoms with Crippen molar-refractivity contribution < 1.29 is 24.2 Å². The number of pyridine rings is 1. The first-order chi connectivity index (χ1) is 15.6. The lowest BCUT2D eigenvalue weighted by atomic mass is 9.93. The minimum absolute atomic E-state index is 0.137. The summed E-state index contributed by atoms with van der Waals surface area (Å²) in [5, 5.41) is 19.0. The summed E-state index contributed by atoms with van der Waals surface area (Å²) in [4.78, 5) is 45.7. The number of carbonyl (C=O) groups is 3. The zero-order chi connectivity index (χ0) is 24.2. The molecule has 10 nitrogen and oxygen atoms in total.